The standard InChI is InChI=1S/C12H8F3N5S2/c13-12(14,15)8-3-4-16-10(17-8)22-11-18-9(19-20-11)6-7-2-1-5-21-7/h1-5H,6H2,(H,18,19,20). The Labute approximate surface area is 131 Å². The molecule has 0 amide bonds. The minimum Gasteiger partial charge on any atom is -0.262 e. The van der Waals surface area contributed by atoms with Crippen LogP contribution in [0.3, 0.4) is 0 Å². The van der Waals surface area contributed by atoms with Crippen molar-refractivity contribution in [3.63, 3.8) is 0 Å². The molecule has 0 unspecified atom stereocenters. The highest BCUT2D eigenvalue weighted by Gasteiger charge is 2.32. The van der Waals surface area contributed by atoms with Crippen LogP contribution < -0.4 is 0 Å². The van der Waals surface area contributed by atoms with Gasteiger partial charge in [0, 0.05) is 17.5 Å². The summed E-state index contributed by atoms with van der Waals surface area (Å²) in [5, 5.41) is 8.90. The molecule has 0 bridgehead atoms. The quantitative estimate of drug-likeness (QED) is 0.735. The lowest BCUT2D eigenvalue weighted by Crippen LogP contribution is -2.08. The zero-order chi connectivity index (χ0) is 15.6. The van der Waals surface area contributed by atoms with Gasteiger partial charge in [-0.3, -0.25) is 5.10 Å². The molecule has 0 aliphatic rings. The van der Waals surface area contributed by atoms with Crippen LogP contribution in [0.15, 0.2) is 40.1 Å². The van der Waals surface area contributed by atoms with E-state index in [4.69, 9.17) is 0 Å². The summed E-state index contributed by atoms with van der Waals surface area (Å²) in [7, 11) is 0. The lowest BCUT2D eigenvalue weighted by atomic mass is 10.3. The lowest BCUT2D eigenvalue weighted by molar-refractivity contribution is -0.141. The number of thiophene rings is 1. The molecule has 3 aromatic rings. The van der Waals surface area contributed by atoms with Crippen molar-refractivity contribution < 1.29 is 13.2 Å². The first kappa shape index (κ1) is 15.0. The molecule has 0 aliphatic heterocycles. The summed E-state index contributed by atoms with van der Waals surface area (Å²) >= 11 is 2.47. The molecule has 3 heterocycles. The Hall–Kier alpha value is -1.94. The Balaban J connectivity index is 1.72. The average Bonchev–Trinajstić information content (AvgIpc) is 3.11. The number of halogens is 3. The predicted molar refractivity (Wildman–Crippen MR) is 74.7 cm³/mol. The minimum atomic E-state index is -4.50. The third-order valence-electron chi connectivity index (χ3n) is 2.54. The number of aromatic amines is 1. The minimum absolute atomic E-state index is 0.0449. The molecule has 0 fully saturated rings. The maximum absolute atomic E-state index is 12.6. The van der Waals surface area contributed by atoms with Gasteiger partial charge in [-0.25, -0.2) is 15.0 Å². The normalized spacial score (nSPS) is 11.8. The first-order valence-electron chi connectivity index (χ1n) is 6.02. The van der Waals surface area contributed by atoms with Crippen LogP contribution in [0.5, 0.6) is 0 Å². The number of nitrogens with zero attached hydrogens (tertiary/aromatic N) is 4. The van der Waals surface area contributed by atoms with E-state index in [9.17, 15) is 13.2 Å². The highest BCUT2D eigenvalue weighted by atomic mass is 32.2. The molecule has 22 heavy (non-hydrogen) atoms. The summed E-state index contributed by atoms with van der Waals surface area (Å²) in [6.07, 6.45) is -2.84. The molecule has 0 spiro atoms. The summed E-state index contributed by atoms with van der Waals surface area (Å²) in [5.74, 6) is 0.636. The number of aromatic nitrogens is 5. The van der Waals surface area contributed by atoms with Crippen molar-refractivity contribution in [3.05, 3.63) is 46.2 Å². The van der Waals surface area contributed by atoms with Gasteiger partial charge in [0.2, 0.25) is 5.16 Å². The second-order valence-electron chi connectivity index (χ2n) is 4.15. The van der Waals surface area contributed by atoms with Crippen molar-refractivity contribution in [1.82, 2.24) is 25.1 Å². The molecule has 3 aromatic heterocycles. The Morgan fingerprint density at radius 2 is 2.05 bits per heavy atom. The van der Waals surface area contributed by atoms with Gasteiger partial charge >= 0.3 is 6.18 Å². The Morgan fingerprint density at radius 1 is 1.18 bits per heavy atom. The molecule has 0 saturated heterocycles. The molecule has 0 aliphatic carbocycles. The lowest BCUT2D eigenvalue weighted by Gasteiger charge is -2.05. The third kappa shape index (κ3) is 3.63. The van der Waals surface area contributed by atoms with Crippen LogP contribution in [0.4, 0.5) is 13.2 Å². The van der Waals surface area contributed by atoms with E-state index in [0.717, 1.165) is 28.9 Å². The van der Waals surface area contributed by atoms with Crippen molar-refractivity contribution in [2.24, 2.45) is 0 Å². The first-order chi connectivity index (χ1) is 10.5. The van der Waals surface area contributed by atoms with E-state index in [-0.39, 0.29) is 10.3 Å². The number of alkyl halides is 3. The van der Waals surface area contributed by atoms with E-state index >= 15 is 0 Å². The van der Waals surface area contributed by atoms with Gasteiger partial charge in [0.05, 0.1) is 0 Å². The van der Waals surface area contributed by atoms with Crippen LogP contribution in [-0.4, -0.2) is 25.1 Å². The van der Waals surface area contributed by atoms with Gasteiger partial charge < -0.3 is 0 Å². The molecule has 3 rings (SSSR count). The van der Waals surface area contributed by atoms with Gasteiger partial charge in [0.1, 0.15) is 11.5 Å². The van der Waals surface area contributed by atoms with Crippen LogP contribution >= 0.6 is 23.1 Å². The number of H-pyrrole nitrogens is 1. The fraction of sp³-hybridized carbons (Fsp3) is 0.167. The predicted octanol–water partition coefficient (Wildman–Crippen LogP) is 3.42. The van der Waals surface area contributed by atoms with Crippen molar-refractivity contribution in [2.45, 2.75) is 22.9 Å². The summed E-state index contributed by atoms with van der Waals surface area (Å²) in [4.78, 5) is 12.6. The number of rotatable bonds is 4. The Morgan fingerprint density at radius 3 is 2.77 bits per heavy atom. The number of nitrogens with one attached hydrogen (secondary N) is 1. The molecule has 1 N–H and O–H groups in total. The monoisotopic (exact) mass is 343 g/mol. The smallest absolute Gasteiger partial charge is 0.262 e. The van der Waals surface area contributed by atoms with Crippen LogP contribution in [-0.2, 0) is 12.6 Å². The highest BCUT2D eigenvalue weighted by molar-refractivity contribution is 7.99. The molecule has 0 radical (unpaired) electrons. The highest BCUT2D eigenvalue weighted by Crippen LogP contribution is 2.29. The average molecular weight is 343 g/mol. The van der Waals surface area contributed by atoms with Gasteiger partial charge in [-0.2, -0.15) is 13.2 Å². The van der Waals surface area contributed by atoms with E-state index in [1.54, 1.807) is 11.3 Å². The van der Waals surface area contributed by atoms with E-state index in [0.29, 0.717) is 12.2 Å². The SMILES string of the molecule is FC(F)(F)c1ccnc(Sc2n[nH]c(Cc3cccs3)n2)n1. The zero-order valence-electron chi connectivity index (χ0n) is 10.8. The zero-order valence-corrected chi connectivity index (χ0v) is 12.5. The van der Waals surface area contributed by atoms with Gasteiger partial charge in [0.15, 0.2) is 5.16 Å². The van der Waals surface area contributed by atoms with Crippen LogP contribution in [0.2, 0.25) is 0 Å². The Bertz CT molecular complexity index is 754. The molecule has 5 nitrogen and oxygen atoms in total. The van der Waals surface area contributed by atoms with Crippen LogP contribution in [0, 0.1) is 0 Å². The third-order valence-corrected chi connectivity index (χ3v) is 4.16. The van der Waals surface area contributed by atoms with Gasteiger partial charge in [-0.05, 0) is 29.3 Å². The van der Waals surface area contributed by atoms with Crippen LogP contribution in [0.25, 0.3) is 0 Å². The maximum atomic E-state index is 12.6. The molecule has 10 heteroatoms. The fourth-order valence-corrected chi connectivity index (χ4v) is 2.99. The topological polar surface area (TPSA) is 67.3 Å². The second kappa shape index (κ2) is 6.05. The van der Waals surface area contributed by atoms with E-state index < -0.39 is 11.9 Å². The summed E-state index contributed by atoms with van der Waals surface area (Å²) in [6, 6.07) is 4.72. The molecule has 0 atom stereocenters. The number of hydrogen-bond donors (Lipinski definition) is 1. The van der Waals surface area contributed by atoms with Gasteiger partial charge in [-0.1, -0.05) is 6.07 Å². The van der Waals surface area contributed by atoms with Gasteiger partial charge in [0.25, 0.3) is 0 Å². The van der Waals surface area contributed by atoms with Gasteiger partial charge in [-0.15, -0.1) is 16.4 Å². The summed E-state index contributed by atoms with van der Waals surface area (Å²) < 4.78 is 37.8. The summed E-state index contributed by atoms with van der Waals surface area (Å²) in [5.41, 5.74) is -0.987. The van der Waals surface area contributed by atoms with Crippen molar-refractivity contribution >= 4 is 23.1 Å². The first-order valence-corrected chi connectivity index (χ1v) is 7.72. The molecule has 0 saturated carbocycles. The summed E-state index contributed by atoms with van der Waals surface area (Å²) in [6.45, 7) is 0. The maximum Gasteiger partial charge on any atom is 0.433 e. The van der Waals surface area contributed by atoms with E-state index in [2.05, 4.69) is 25.1 Å². The second-order valence-corrected chi connectivity index (χ2v) is 6.11. The van der Waals surface area contributed by atoms with Crippen molar-refractivity contribution in [1.29, 1.82) is 0 Å². The van der Waals surface area contributed by atoms with Crippen molar-refractivity contribution in [2.75, 3.05) is 0 Å². The van der Waals surface area contributed by atoms with E-state index in [1.165, 1.54) is 0 Å². The molecular weight excluding hydrogens is 335 g/mol. The van der Waals surface area contributed by atoms with E-state index in [1.807, 2.05) is 17.5 Å². The van der Waals surface area contributed by atoms with Crippen LogP contribution in [0.1, 0.15) is 16.4 Å². The largest absolute Gasteiger partial charge is 0.433 e. The molecule has 114 valence electrons. The number of hydrogen-bond acceptors (Lipinski definition) is 6. The fourth-order valence-electron chi connectivity index (χ4n) is 1.61. The van der Waals surface area contributed by atoms with Crippen molar-refractivity contribution in [3.8, 4) is 0 Å². The Kier molecular flexibility index (Phi) is 4.12. The molecule has 0 aromatic carbocycles. The molecular formula is C12H8F3N5S2.